The molecule has 4 nitrogen and oxygen atoms in total. The van der Waals surface area contributed by atoms with Gasteiger partial charge in [-0.25, -0.2) is 0 Å². The second kappa shape index (κ2) is 12.6. The van der Waals surface area contributed by atoms with Gasteiger partial charge in [0.05, 0.1) is 5.75 Å². The predicted molar refractivity (Wildman–Crippen MR) is 139 cm³/mol. The summed E-state index contributed by atoms with van der Waals surface area (Å²) in [5.74, 6) is 0.395. The van der Waals surface area contributed by atoms with E-state index in [1.165, 1.54) is 11.8 Å². The Labute approximate surface area is 219 Å². The number of halogens is 4. The van der Waals surface area contributed by atoms with Crippen LogP contribution in [0.5, 0.6) is 0 Å². The minimum absolute atomic E-state index is 0.152. The minimum Gasteiger partial charge on any atom is -0.352 e. The van der Waals surface area contributed by atoms with E-state index >= 15 is 0 Å². The van der Waals surface area contributed by atoms with Crippen LogP contribution in [0.2, 0.25) is 20.1 Å². The number of carbonyl (C=O) groups is 2. The van der Waals surface area contributed by atoms with Gasteiger partial charge < -0.3 is 10.2 Å². The predicted octanol–water partition coefficient (Wildman–Crippen LogP) is 7.01. The summed E-state index contributed by atoms with van der Waals surface area (Å²) in [5, 5.41) is 5.14. The standard InChI is InChI=1S/C24H26Cl4N2O2S/c1-15(24(32)29-18-5-2-3-6-18)30(12-19-20(26)7-4-8-21(19)27)23(31)14-33-13-16-9-10-17(25)11-22(16)28/h4,7-11,15,18H,2-3,5-6,12-14H2,1H3,(H,29,32)/t15-/m0/s1. The summed E-state index contributed by atoms with van der Waals surface area (Å²) in [6.45, 7) is 1.90. The molecule has 0 saturated heterocycles. The Morgan fingerprint density at radius 1 is 1.06 bits per heavy atom. The normalized spacial score (nSPS) is 14.8. The maximum Gasteiger partial charge on any atom is 0.242 e. The molecule has 3 rings (SSSR count). The molecule has 2 aromatic carbocycles. The zero-order valence-electron chi connectivity index (χ0n) is 18.3. The molecule has 1 saturated carbocycles. The summed E-state index contributed by atoms with van der Waals surface area (Å²) in [6, 6.07) is 10.0. The summed E-state index contributed by atoms with van der Waals surface area (Å²) >= 11 is 26.4. The van der Waals surface area contributed by atoms with Crippen LogP contribution < -0.4 is 5.32 Å². The lowest BCUT2D eigenvalue weighted by Crippen LogP contribution is -2.50. The lowest BCUT2D eigenvalue weighted by atomic mass is 10.1. The van der Waals surface area contributed by atoms with Crippen molar-refractivity contribution < 1.29 is 9.59 Å². The monoisotopic (exact) mass is 546 g/mol. The number of nitrogens with zero attached hydrogens (tertiary/aromatic N) is 1. The molecular weight excluding hydrogens is 522 g/mol. The molecule has 0 bridgehead atoms. The molecule has 0 radical (unpaired) electrons. The Morgan fingerprint density at radius 2 is 1.73 bits per heavy atom. The average molecular weight is 548 g/mol. The van der Waals surface area contributed by atoms with E-state index < -0.39 is 6.04 Å². The van der Waals surface area contributed by atoms with Crippen molar-refractivity contribution >= 4 is 70.0 Å². The molecule has 0 aliphatic heterocycles. The second-order valence-corrected chi connectivity index (χ2v) is 10.8. The van der Waals surface area contributed by atoms with Gasteiger partial charge in [-0.15, -0.1) is 11.8 Å². The maximum absolute atomic E-state index is 13.3. The van der Waals surface area contributed by atoms with Gasteiger partial charge >= 0.3 is 0 Å². The second-order valence-electron chi connectivity index (χ2n) is 8.12. The fourth-order valence-corrected chi connectivity index (χ4v) is 5.78. The highest BCUT2D eigenvalue weighted by molar-refractivity contribution is 7.99. The SMILES string of the molecule is C[C@@H](C(=O)NC1CCCC1)N(Cc1c(Cl)cccc1Cl)C(=O)CSCc1ccc(Cl)cc1Cl. The van der Waals surface area contributed by atoms with Crippen LogP contribution >= 0.6 is 58.2 Å². The van der Waals surface area contributed by atoms with E-state index in [4.69, 9.17) is 46.4 Å². The lowest BCUT2D eigenvalue weighted by Gasteiger charge is -2.30. The van der Waals surface area contributed by atoms with Gasteiger partial charge in [-0.1, -0.05) is 71.4 Å². The van der Waals surface area contributed by atoms with Gasteiger partial charge in [-0.3, -0.25) is 9.59 Å². The molecule has 2 aromatic rings. The van der Waals surface area contributed by atoms with Crippen molar-refractivity contribution in [3.05, 3.63) is 67.6 Å². The van der Waals surface area contributed by atoms with Crippen molar-refractivity contribution in [1.82, 2.24) is 10.2 Å². The number of thioether (sulfide) groups is 1. The van der Waals surface area contributed by atoms with E-state index in [1.54, 1.807) is 42.2 Å². The molecule has 0 unspecified atom stereocenters. The van der Waals surface area contributed by atoms with E-state index in [-0.39, 0.29) is 30.2 Å². The summed E-state index contributed by atoms with van der Waals surface area (Å²) in [4.78, 5) is 27.8. The van der Waals surface area contributed by atoms with Crippen molar-refractivity contribution in [1.29, 1.82) is 0 Å². The molecule has 2 amide bonds. The fourth-order valence-electron chi connectivity index (χ4n) is 3.80. The average Bonchev–Trinajstić information content (AvgIpc) is 3.27. The summed E-state index contributed by atoms with van der Waals surface area (Å²) < 4.78 is 0. The Kier molecular flexibility index (Phi) is 10.1. The van der Waals surface area contributed by atoms with Crippen molar-refractivity contribution in [2.24, 2.45) is 0 Å². The minimum atomic E-state index is -0.662. The first-order chi connectivity index (χ1) is 15.8. The van der Waals surface area contributed by atoms with E-state index in [0.29, 0.717) is 31.4 Å². The first-order valence-corrected chi connectivity index (χ1v) is 13.5. The summed E-state index contributed by atoms with van der Waals surface area (Å²) in [7, 11) is 0. The number of carbonyl (C=O) groups excluding carboxylic acids is 2. The van der Waals surface area contributed by atoms with Crippen LogP contribution in [-0.2, 0) is 21.9 Å². The molecule has 0 spiro atoms. The first kappa shape index (κ1) is 26.5. The molecule has 1 aliphatic carbocycles. The quantitative estimate of drug-likeness (QED) is 0.367. The van der Waals surface area contributed by atoms with Gasteiger partial charge in [0.25, 0.3) is 0 Å². The van der Waals surface area contributed by atoms with Crippen LogP contribution in [0.25, 0.3) is 0 Å². The molecule has 1 N–H and O–H groups in total. The van der Waals surface area contributed by atoms with E-state index in [1.807, 2.05) is 6.07 Å². The van der Waals surface area contributed by atoms with Gasteiger partial charge in [-0.2, -0.15) is 0 Å². The molecule has 0 heterocycles. The van der Waals surface area contributed by atoms with Crippen LogP contribution in [0.3, 0.4) is 0 Å². The summed E-state index contributed by atoms with van der Waals surface area (Å²) in [5.41, 5.74) is 1.52. The molecule has 9 heteroatoms. The Hall–Kier alpha value is -1.11. The van der Waals surface area contributed by atoms with Crippen molar-refractivity contribution in [2.45, 2.75) is 57.0 Å². The number of amides is 2. The van der Waals surface area contributed by atoms with Crippen molar-refractivity contribution in [3.63, 3.8) is 0 Å². The van der Waals surface area contributed by atoms with Gasteiger partial charge in [0.15, 0.2) is 0 Å². The third-order valence-corrected chi connectivity index (χ3v) is 8.02. The first-order valence-electron chi connectivity index (χ1n) is 10.8. The fraction of sp³-hybridized carbons (Fsp3) is 0.417. The maximum atomic E-state index is 13.3. The van der Waals surface area contributed by atoms with Crippen LogP contribution in [0.4, 0.5) is 0 Å². The lowest BCUT2D eigenvalue weighted by molar-refractivity contribution is -0.138. The van der Waals surface area contributed by atoms with Crippen LogP contribution in [-0.4, -0.2) is 34.6 Å². The van der Waals surface area contributed by atoms with Gasteiger partial charge in [0.2, 0.25) is 11.8 Å². The highest BCUT2D eigenvalue weighted by atomic mass is 35.5. The van der Waals surface area contributed by atoms with Crippen LogP contribution in [0, 0.1) is 0 Å². The van der Waals surface area contributed by atoms with Gasteiger partial charge in [-0.05, 0) is 49.6 Å². The Morgan fingerprint density at radius 3 is 2.36 bits per heavy atom. The largest absolute Gasteiger partial charge is 0.352 e. The number of nitrogens with one attached hydrogen (secondary N) is 1. The van der Waals surface area contributed by atoms with Gasteiger partial charge in [0.1, 0.15) is 6.04 Å². The number of hydrogen-bond acceptors (Lipinski definition) is 3. The van der Waals surface area contributed by atoms with Gasteiger partial charge in [0, 0.05) is 44.0 Å². The highest BCUT2D eigenvalue weighted by Crippen LogP contribution is 2.28. The van der Waals surface area contributed by atoms with Crippen LogP contribution in [0.1, 0.15) is 43.7 Å². The van der Waals surface area contributed by atoms with Crippen molar-refractivity contribution in [3.8, 4) is 0 Å². The van der Waals surface area contributed by atoms with E-state index in [2.05, 4.69) is 5.32 Å². The zero-order chi connectivity index (χ0) is 24.0. The van der Waals surface area contributed by atoms with E-state index in [0.717, 1.165) is 31.2 Å². The Balaban J connectivity index is 1.71. The van der Waals surface area contributed by atoms with E-state index in [9.17, 15) is 9.59 Å². The number of benzene rings is 2. The molecule has 1 fully saturated rings. The summed E-state index contributed by atoms with van der Waals surface area (Å²) in [6.07, 6.45) is 4.17. The van der Waals surface area contributed by atoms with Crippen molar-refractivity contribution in [2.75, 3.05) is 5.75 Å². The molecule has 1 aliphatic rings. The third kappa shape index (κ3) is 7.43. The Bertz CT molecular complexity index is 978. The topological polar surface area (TPSA) is 49.4 Å². The molecular formula is C24H26Cl4N2O2S. The highest BCUT2D eigenvalue weighted by Gasteiger charge is 2.29. The third-order valence-electron chi connectivity index (χ3n) is 5.76. The molecule has 178 valence electrons. The zero-order valence-corrected chi connectivity index (χ0v) is 22.1. The number of hydrogen-bond donors (Lipinski definition) is 1. The number of rotatable bonds is 9. The van der Waals surface area contributed by atoms with Crippen LogP contribution in [0.15, 0.2) is 36.4 Å². The smallest absolute Gasteiger partial charge is 0.242 e. The molecule has 33 heavy (non-hydrogen) atoms. The molecule has 1 atom stereocenters. The molecule has 0 aromatic heterocycles.